The van der Waals surface area contributed by atoms with Crippen LogP contribution in [0, 0.1) is 19.8 Å². The molecule has 8 heteroatoms. The molecule has 4 rings (SSSR count). The van der Waals surface area contributed by atoms with Gasteiger partial charge >= 0.3 is 0 Å². The largest absolute Gasteiger partial charge is 0.494 e. The van der Waals surface area contributed by atoms with Crippen LogP contribution in [-0.2, 0) is 6.42 Å². The molecule has 2 saturated heterocycles. The number of aromatic nitrogens is 2. The highest BCUT2D eigenvalue weighted by Crippen LogP contribution is 2.26. The quantitative estimate of drug-likeness (QED) is 0.435. The minimum atomic E-state index is -0.0556. The van der Waals surface area contributed by atoms with Crippen LogP contribution in [0.4, 0.5) is 5.95 Å². The number of rotatable bonds is 10. The lowest BCUT2D eigenvalue weighted by Gasteiger charge is -2.32. The molecule has 2 aliphatic rings. The van der Waals surface area contributed by atoms with Crippen molar-refractivity contribution in [3.63, 3.8) is 0 Å². The van der Waals surface area contributed by atoms with E-state index in [1.54, 1.807) is 0 Å². The molecule has 0 saturated carbocycles. The summed E-state index contributed by atoms with van der Waals surface area (Å²) in [5, 5.41) is 15.6. The third kappa shape index (κ3) is 6.73. The van der Waals surface area contributed by atoms with E-state index >= 15 is 0 Å². The number of anilines is 1. The number of benzene rings is 1. The molecule has 1 aromatic heterocycles. The predicted molar refractivity (Wildman–Crippen MR) is 142 cm³/mol. The average molecular weight is 496 g/mol. The number of carbonyl (C=O) groups excluding carboxylic acids is 1. The molecule has 2 aliphatic heterocycles. The zero-order valence-corrected chi connectivity index (χ0v) is 21.9. The van der Waals surface area contributed by atoms with Gasteiger partial charge in [-0.25, -0.2) is 9.97 Å². The number of nitrogens with zero attached hydrogens (tertiary/aromatic N) is 3. The Kier molecular flexibility index (Phi) is 9.15. The standard InChI is InChI=1S/C28H41N5O3/c1-4-21-15-30-28(31-16-21)33-9-7-22(8-10-33)6-5-11-36-25-12-19(2)26(20(3)13-25)27(35)32-23-14-24(18-34)29-17-23/h12-13,15-16,22-24,29,34H,4-11,14,17-18H2,1-3H3,(H,32,35)/t23-,24+/m1/s1. The van der Waals surface area contributed by atoms with Crippen LogP contribution in [0.1, 0.15) is 66.1 Å². The van der Waals surface area contributed by atoms with E-state index in [-0.39, 0.29) is 24.6 Å². The molecule has 36 heavy (non-hydrogen) atoms. The molecule has 2 atom stereocenters. The molecule has 3 heterocycles. The Hall–Kier alpha value is -2.71. The Morgan fingerprint density at radius 1 is 1.19 bits per heavy atom. The second-order valence-corrected chi connectivity index (χ2v) is 10.3. The fourth-order valence-electron chi connectivity index (χ4n) is 5.37. The number of carbonyl (C=O) groups is 1. The van der Waals surface area contributed by atoms with E-state index in [2.05, 4.69) is 32.4 Å². The van der Waals surface area contributed by atoms with Crippen LogP contribution in [-0.4, -0.2) is 65.9 Å². The van der Waals surface area contributed by atoms with Crippen molar-refractivity contribution in [1.29, 1.82) is 0 Å². The van der Waals surface area contributed by atoms with Gasteiger partial charge in [-0.15, -0.1) is 0 Å². The molecule has 0 unspecified atom stereocenters. The van der Waals surface area contributed by atoms with Crippen LogP contribution < -0.4 is 20.3 Å². The Morgan fingerprint density at radius 3 is 2.50 bits per heavy atom. The summed E-state index contributed by atoms with van der Waals surface area (Å²) in [5.74, 6) is 2.34. The first-order valence-electron chi connectivity index (χ1n) is 13.4. The lowest BCUT2D eigenvalue weighted by atomic mass is 9.92. The second-order valence-electron chi connectivity index (χ2n) is 10.3. The van der Waals surface area contributed by atoms with E-state index < -0.39 is 0 Å². The number of aryl methyl sites for hydroxylation is 3. The molecule has 2 aromatic rings. The Morgan fingerprint density at radius 2 is 1.89 bits per heavy atom. The first-order valence-corrected chi connectivity index (χ1v) is 13.4. The molecule has 0 spiro atoms. The Bertz CT molecular complexity index is 982. The number of amides is 1. The summed E-state index contributed by atoms with van der Waals surface area (Å²) in [5.41, 5.74) is 3.74. The molecule has 0 aliphatic carbocycles. The first-order chi connectivity index (χ1) is 17.5. The lowest BCUT2D eigenvalue weighted by Crippen LogP contribution is -2.36. The van der Waals surface area contributed by atoms with Gasteiger partial charge in [-0.05, 0) is 87.1 Å². The third-order valence-electron chi connectivity index (χ3n) is 7.53. The van der Waals surface area contributed by atoms with Gasteiger partial charge in [0.2, 0.25) is 5.95 Å². The smallest absolute Gasteiger partial charge is 0.252 e. The van der Waals surface area contributed by atoms with Crippen LogP contribution in [0.3, 0.4) is 0 Å². The summed E-state index contributed by atoms with van der Waals surface area (Å²) in [6.45, 7) is 9.54. The maximum Gasteiger partial charge on any atom is 0.252 e. The van der Waals surface area contributed by atoms with Crippen molar-refractivity contribution in [2.45, 2.75) is 71.4 Å². The maximum atomic E-state index is 12.9. The number of aliphatic hydroxyl groups is 1. The highest BCUT2D eigenvalue weighted by atomic mass is 16.5. The van der Waals surface area contributed by atoms with Crippen LogP contribution in [0.2, 0.25) is 0 Å². The van der Waals surface area contributed by atoms with Crippen molar-refractivity contribution in [2.75, 3.05) is 37.7 Å². The monoisotopic (exact) mass is 495 g/mol. The summed E-state index contributed by atoms with van der Waals surface area (Å²) < 4.78 is 6.07. The van der Waals surface area contributed by atoms with Crippen LogP contribution in [0.25, 0.3) is 0 Å². The minimum Gasteiger partial charge on any atom is -0.494 e. The Labute approximate surface area is 214 Å². The van der Waals surface area contributed by atoms with Gasteiger partial charge in [-0.1, -0.05) is 6.92 Å². The van der Waals surface area contributed by atoms with Crippen molar-refractivity contribution in [2.24, 2.45) is 5.92 Å². The molecular weight excluding hydrogens is 454 g/mol. The van der Waals surface area contributed by atoms with Crippen molar-refractivity contribution in [1.82, 2.24) is 20.6 Å². The van der Waals surface area contributed by atoms with Gasteiger partial charge in [0.25, 0.3) is 5.91 Å². The van der Waals surface area contributed by atoms with E-state index in [0.717, 1.165) is 80.0 Å². The fraction of sp³-hybridized carbons (Fsp3) is 0.607. The molecule has 1 aromatic carbocycles. The van der Waals surface area contributed by atoms with E-state index in [1.807, 2.05) is 38.4 Å². The van der Waals surface area contributed by atoms with Gasteiger partial charge in [0, 0.05) is 49.7 Å². The average Bonchev–Trinajstić information content (AvgIpc) is 3.34. The van der Waals surface area contributed by atoms with Crippen LogP contribution in [0.15, 0.2) is 24.5 Å². The van der Waals surface area contributed by atoms with Crippen molar-refractivity contribution < 1.29 is 14.6 Å². The number of hydrogen-bond donors (Lipinski definition) is 3. The van der Waals surface area contributed by atoms with E-state index in [4.69, 9.17) is 4.74 Å². The number of hydrogen-bond acceptors (Lipinski definition) is 7. The minimum absolute atomic E-state index is 0.0466. The Balaban J connectivity index is 1.19. The van der Waals surface area contributed by atoms with Gasteiger partial charge in [0.1, 0.15) is 5.75 Å². The van der Waals surface area contributed by atoms with Gasteiger partial charge in [-0.2, -0.15) is 0 Å². The zero-order chi connectivity index (χ0) is 25.5. The highest BCUT2D eigenvalue weighted by Gasteiger charge is 2.26. The third-order valence-corrected chi connectivity index (χ3v) is 7.53. The molecule has 3 N–H and O–H groups in total. The topological polar surface area (TPSA) is 99.6 Å². The summed E-state index contributed by atoms with van der Waals surface area (Å²) in [4.78, 5) is 24.2. The number of piperidine rings is 1. The van der Waals surface area contributed by atoms with Crippen molar-refractivity contribution >= 4 is 11.9 Å². The first kappa shape index (κ1) is 26.4. The number of aliphatic hydroxyl groups excluding tert-OH is 1. The molecule has 2 fully saturated rings. The van der Waals surface area contributed by atoms with E-state index in [0.29, 0.717) is 19.1 Å². The molecule has 0 bridgehead atoms. The highest BCUT2D eigenvalue weighted by molar-refractivity contribution is 5.97. The summed E-state index contributed by atoms with van der Waals surface area (Å²) in [6, 6.07) is 4.04. The molecule has 8 nitrogen and oxygen atoms in total. The predicted octanol–water partition coefficient (Wildman–Crippen LogP) is 3.18. The van der Waals surface area contributed by atoms with E-state index in [9.17, 15) is 9.90 Å². The molecular formula is C28H41N5O3. The van der Waals surface area contributed by atoms with Gasteiger partial charge in [-0.3, -0.25) is 4.79 Å². The van der Waals surface area contributed by atoms with Crippen molar-refractivity contribution in [3.8, 4) is 5.75 Å². The van der Waals surface area contributed by atoms with Gasteiger partial charge < -0.3 is 25.4 Å². The van der Waals surface area contributed by atoms with Gasteiger partial charge in [0.05, 0.1) is 13.2 Å². The fourth-order valence-corrected chi connectivity index (χ4v) is 5.37. The maximum absolute atomic E-state index is 12.9. The molecule has 1 amide bonds. The second kappa shape index (κ2) is 12.5. The van der Waals surface area contributed by atoms with E-state index in [1.165, 1.54) is 5.56 Å². The lowest BCUT2D eigenvalue weighted by molar-refractivity contribution is 0.0937. The van der Waals surface area contributed by atoms with Gasteiger partial charge in [0.15, 0.2) is 0 Å². The normalized spacial score (nSPS) is 20.5. The summed E-state index contributed by atoms with van der Waals surface area (Å²) in [6.07, 6.45) is 10.1. The summed E-state index contributed by atoms with van der Waals surface area (Å²) >= 11 is 0. The zero-order valence-electron chi connectivity index (χ0n) is 21.9. The van der Waals surface area contributed by atoms with Crippen LogP contribution >= 0.6 is 0 Å². The number of ether oxygens (including phenoxy) is 1. The number of nitrogens with one attached hydrogen (secondary N) is 2. The SMILES string of the molecule is CCc1cnc(N2CCC(CCCOc3cc(C)c(C(=O)N[C@H]4CN[C@H](CO)C4)c(C)c3)CC2)nc1. The van der Waals surface area contributed by atoms with Crippen molar-refractivity contribution in [3.05, 3.63) is 46.8 Å². The molecule has 196 valence electrons. The summed E-state index contributed by atoms with van der Waals surface area (Å²) in [7, 11) is 0. The molecule has 0 radical (unpaired) electrons. The van der Waals surface area contributed by atoms with Crippen LogP contribution in [0.5, 0.6) is 5.75 Å².